The van der Waals surface area contributed by atoms with Crippen molar-refractivity contribution in [3.63, 3.8) is 0 Å². The Kier molecular flexibility index (Phi) is 5.38. The van der Waals surface area contributed by atoms with Crippen LogP contribution in [0.15, 0.2) is 24.3 Å². The fourth-order valence-corrected chi connectivity index (χ4v) is 2.88. The van der Waals surface area contributed by atoms with Crippen molar-refractivity contribution in [1.29, 1.82) is 0 Å². The van der Waals surface area contributed by atoms with Crippen LogP contribution in [-0.4, -0.2) is 57.1 Å². The van der Waals surface area contributed by atoms with E-state index in [9.17, 15) is 9.59 Å². The minimum absolute atomic E-state index is 0.0352. The van der Waals surface area contributed by atoms with E-state index in [0.29, 0.717) is 18.8 Å². The summed E-state index contributed by atoms with van der Waals surface area (Å²) in [5.74, 6) is 0.353. The number of carbonyl (C=O) groups is 2. The molecule has 120 valence electrons. The van der Waals surface area contributed by atoms with E-state index in [4.69, 9.17) is 4.74 Å². The van der Waals surface area contributed by atoms with Gasteiger partial charge in [-0.1, -0.05) is 18.2 Å². The number of ether oxygens (including phenoxy) is 1. The van der Waals surface area contributed by atoms with E-state index in [1.807, 2.05) is 36.2 Å². The molecular formula is C16H23N3O3. The Morgan fingerprint density at radius 3 is 2.73 bits per heavy atom. The number of carbonyl (C=O) groups excluding carboxylic acids is 2. The molecule has 6 nitrogen and oxygen atoms in total. The van der Waals surface area contributed by atoms with Gasteiger partial charge in [0, 0.05) is 25.7 Å². The predicted molar refractivity (Wildman–Crippen MR) is 83.7 cm³/mol. The molecule has 1 fully saturated rings. The number of para-hydroxylation sites is 1. The van der Waals surface area contributed by atoms with Crippen LogP contribution < -0.4 is 15.4 Å². The Hall–Kier alpha value is -2.08. The number of amides is 2. The van der Waals surface area contributed by atoms with E-state index < -0.39 is 0 Å². The van der Waals surface area contributed by atoms with E-state index in [1.165, 1.54) is 0 Å². The van der Waals surface area contributed by atoms with Gasteiger partial charge in [-0.05, 0) is 13.1 Å². The molecule has 0 aromatic heterocycles. The van der Waals surface area contributed by atoms with Gasteiger partial charge in [-0.25, -0.2) is 0 Å². The highest BCUT2D eigenvalue weighted by molar-refractivity contribution is 5.83. The standard InChI is InChI=1S/C16H23N3O3/c1-17-16(21)12-9-19(2)10-13(12)18-15(20)8-11-6-4-5-7-14(11)22-3/h4-7,12-13H,8-10H2,1-3H3,(H,17,21)(H,18,20)/t12-,13-/m0/s1. The third kappa shape index (κ3) is 3.76. The Morgan fingerprint density at radius 1 is 1.32 bits per heavy atom. The van der Waals surface area contributed by atoms with Crippen molar-refractivity contribution in [2.24, 2.45) is 5.92 Å². The molecule has 0 spiro atoms. The largest absolute Gasteiger partial charge is 0.496 e. The van der Waals surface area contributed by atoms with Gasteiger partial charge in [-0.2, -0.15) is 0 Å². The van der Waals surface area contributed by atoms with Crippen molar-refractivity contribution in [3.8, 4) is 5.75 Å². The summed E-state index contributed by atoms with van der Waals surface area (Å²) in [5.41, 5.74) is 0.838. The number of benzene rings is 1. The molecule has 2 amide bonds. The third-order valence-electron chi connectivity index (χ3n) is 3.98. The van der Waals surface area contributed by atoms with E-state index in [0.717, 1.165) is 5.56 Å². The zero-order chi connectivity index (χ0) is 16.1. The number of hydrogen-bond donors (Lipinski definition) is 2. The van der Waals surface area contributed by atoms with Crippen molar-refractivity contribution in [2.45, 2.75) is 12.5 Å². The lowest BCUT2D eigenvalue weighted by molar-refractivity contribution is -0.125. The summed E-state index contributed by atoms with van der Waals surface area (Å²) >= 11 is 0. The summed E-state index contributed by atoms with van der Waals surface area (Å²) in [4.78, 5) is 26.2. The van der Waals surface area contributed by atoms with Gasteiger partial charge in [0.25, 0.3) is 0 Å². The summed E-state index contributed by atoms with van der Waals surface area (Å²) in [7, 11) is 5.15. The second kappa shape index (κ2) is 7.26. The number of methoxy groups -OCH3 is 1. The van der Waals surface area contributed by atoms with E-state index >= 15 is 0 Å². The quantitative estimate of drug-likeness (QED) is 0.805. The molecule has 1 aromatic carbocycles. The highest BCUT2D eigenvalue weighted by Crippen LogP contribution is 2.19. The smallest absolute Gasteiger partial charge is 0.226 e. The molecule has 0 radical (unpaired) electrons. The molecule has 2 rings (SSSR count). The summed E-state index contributed by atoms with van der Waals surface area (Å²) in [5, 5.41) is 5.64. The molecule has 1 heterocycles. The summed E-state index contributed by atoms with van der Waals surface area (Å²) in [6.07, 6.45) is 0.241. The molecule has 0 unspecified atom stereocenters. The normalized spacial score (nSPS) is 21.4. The fourth-order valence-electron chi connectivity index (χ4n) is 2.88. The molecule has 6 heteroatoms. The number of likely N-dealkylation sites (tertiary alicyclic amines) is 1. The van der Waals surface area contributed by atoms with Gasteiger partial charge in [0.1, 0.15) is 5.75 Å². The van der Waals surface area contributed by atoms with Crippen LogP contribution in [0, 0.1) is 5.92 Å². The van der Waals surface area contributed by atoms with Crippen LogP contribution in [0.25, 0.3) is 0 Å². The second-order valence-corrected chi connectivity index (χ2v) is 5.60. The monoisotopic (exact) mass is 305 g/mol. The van der Waals surface area contributed by atoms with Crippen molar-refractivity contribution in [3.05, 3.63) is 29.8 Å². The van der Waals surface area contributed by atoms with Gasteiger partial charge in [0.05, 0.1) is 25.5 Å². The molecule has 0 aliphatic carbocycles. The van der Waals surface area contributed by atoms with Crippen LogP contribution in [0.4, 0.5) is 0 Å². The zero-order valence-electron chi connectivity index (χ0n) is 13.3. The molecule has 0 bridgehead atoms. The maximum Gasteiger partial charge on any atom is 0.226 e. The number of nitrogens with zero attached hydrogens (tertiary/aromatic N) is 1. The SMILES string of the molecule is CNC(=O)[C@H]1CN(C)C[C@@H]1NC(=O)Cc1ccccc1OC. The highest BCUT2D eigenvalue weighted by Gasteiger charge is 2.36. The highest BCUT2D eigenvalue weighted by atomic mass is 16.5. The van der Waals surface area contributed by atoms with Gasteiger partial charge in [-0.3, -0.25) is 9.59 Å². The van der Waals surface area contributed by atoms with Crippen LogP contribution in [0.1, 0.15) is 5.56 Å². The lowest BCUT2D eigenvalue weighted by atomic mass is 10.0. The molecule has 1 aromatic rings. The fraction of sp³-hybridized carbons (Fsp3) is 0.500. The summed E-state index contributed by atoms with van der Waals surface area (Å²) in [6, 6.07) is 7.29. The molecule has 22 heavy (non-hydrogen) atoms. The lowest BCUT2D eigenvalue weighted by Gasteiger charge is -2.19. The number of nitrogens with one attached hydrogen (secondary N) is 2. The second-order valence-electron chi connectivity index (χ2n) is 5.60. The van der Waals surface area contributed by atoms with E-state index in [-0.39, 0.29) is 30.2 Å². The number of likely N-dealkylation sites (N-methyl/N-ethyl adjacent to an activating group) is 1. The van der Waals surface area contributed by atoms with Crippen molar-refractivity contribution in [2.75, 3.05) is 34.3 Å². The van der Waals surface area contributed by atoms with Gasteiger partial charge in [0.2, 0.25) is 11.8 Å². The topological polar surface area (TPSA) is 70.7 Å². The Bertz CT molecular complexity index is 547. The first-order valence-electron chi connectivity index (χ1n) is 7.36. The molecule has 1 aliphatic heterocycles. The Labute approximate surface area is 130 Å². The van der Waals surface area contributed by atoms with Crippen LogP contribution in [0.2, 0.25) is 0 Å². The lowest BCUT2D eigenvalue weighted by Crippen LogP contribution is -2.46. The first kappa shape index (κ1) is 16.3. The molecule has 1 saturated heterocycles. The van der Waals surface area contributed by atoms with Crippen molar-refractivity contribution >= 4 is 11.8 Å². The molecule has 1 aliphatic rings. The van der Waals surface area contributed by atoms with Crippen LogP contribution >= 0.6 is 0 Å². The molecule has 0 saturated carbocycles. The van der Waals surface area contributed by atoms with Crippen LogP contribution in [-0.2, 0) is 16.0 Å². The number of hydrogen-bond acceptors (Lipinski definition) is 4. The average molecular weight is 305 g/mol. The minimum atomic E-state index is -0.211. The maximum atomic E-state index is 12.3. The molecule has 2 atom stereocenters. The van der Waals surface area contributed by atoms with Crippen molar-refractivity contribution < 1.29 is 14.3 Å². The third-order valence-corrected chi connectivity index (χ3v) is 3.98. The van der Waals surface area contributed by atoms with Gasteiger partial charge >= 0.3 is 0 Å². The average Bonchev–Trinajstić information content (AvgIpc) is 2.87. The van der Waals surface area contributed by atoms with E-state index in [2.05, 4.69) is 10.6 Å². The zero-order valence-corrected chi connectivity index (χ0v) is 13.3. The van der Waals surface area contributed by atoms with Gasteiger partial charge in [0.15, 0.2) is 0 Å². The van der Waals surface area contributed by atoms with Crippen LogP contribution in [0.3, 0.4) is 0 Å². The summed E-state index contributed by atoms with van der Waals surface area (Å²) < 4.78 is 5.26. The Morgan fingerprint density at radius 2 is 2.05 bits per heavy atom. The molecule has 2 N–H and O–H groups in total. The first-order chi connectivity index (χ1) is 10.5. The first-order valence-corrected chi connectivity index (χ1v) is 7.36. The Balaban J connectivity index is 2.00. The van der Waals surface area contributed by atoms with E-state index in [1.54, 1.807) is 14.2 Å². The number of rotatable bonds is 5. The van der Waals surface area contributed by atoms with Gasteiger partial charge in [-0.15, -0.1) is 0 Å². The van der Waals surface area contributed by atoms with Crippen LogP contribution in [0.5, 0.6) is 5.75 Å². The predicted octanol–water partition coefficient (Wildman–Crippen LogP) is 0.0301. The summed E-state index contributed by atoms with van der Waals surface area (Å²) in [6.45, 7) is 1.33. The maximum absolute atomic E-state index is 12.3. The van der Waals surface area contributed by atoms with Gasteiger partial charge < -0.3 is 20.3 Å². The van der Waals surface area contributed by atoms with Crippen molar-refractivity contribution in [1.82, 2.24) is 15.5 Å². The molecular weight excluding hydrogens is 282 g/mol. The minimum Gasteiger partial charge on any atom is -0.496 e.